The zero-order valence-electron chi connectivity index (χ0n) is 14.1. The Balaban J connectivity index is 1.53. The first-order chi connectivity index (χ1) is 11.5. The molecule has 24 heavy (non-hydrogen) atoms. The van der Waals surface area contributed by atoms with Crippen molar-refractivity contribution in [2.75, 3.05) is 13.1 Å². The van der Waals surface area contributed by atoms with Gasteiger partial charge in [-0.25, -0.2) is 9.67 Å². The molecule has 0 bridgehead atoms. The molecule has 0 N–H and O–H groups in total. The molecule has 0 radical (unpaired) electrons. The van der Waals surface area contributed by atoms with Crippen LogP contribution in [0.3, 0.4) is 0 Å². The number of hydrogen-bond donors (Lipinski definition) is 0. The summed E-state index contributed by atoms with van der Waals surface area (Å²) in [4.78, 5) is 31.4. The van der Waals surface area contributed by atoms with Gasteiger partial charge in [-0.2, -0.15) is 5.10 Å². The Morgan fingerprint density at radius 3 is 2.71 bits per heavy atom. The largest absolute Gasteiger partial charge is 0.342 e. The molecule has 0 aliphatic carbocycles. The highest BCUT2D eigenvalue weighted by Crippen LogP contribution is 2.20. The van der Waals surface area contributed by atoms with Crippen LogP contribution >= 0.6 is 11.3 Å². The zero-order chi connectivity index (χ0) is 17.1. The summed E-state index contributed by atoms with van der Waals surface area (Å²) in [6, 6.07) is 3.30. The van der Waals surface area contributed by atoms with E-state index in [1.807, 2.05) is 18.7 Å². The SMILES string of the molecule is Cc1ccc(=O)n(CC2CCN(C(=O)Cc3cnc(C)s3)CC2)n1. The van der Waals surface area contributed by atoms with Crippen LogP contribution in [0, 0.1) is 19.8 Å². The van der Waals surface area contributed by atoms with Gasteiger partial charge >= 0.3 is 0 Å². The van der Waals surface area contributed by atoms with Crippen LogP contribution in [0.2, 0.25) is 0 Å². The van der Waals surface area contributed by atoms with Crippen molar-refractivity contribution in [1.82, 2.24) is 19.7 Å². The Kier molecular flexibility index (Phi) is 5.08. The molecule has 1 amide bonds. The van der Waals surface area contributed by atoms with E-state index in [0.29, 0.717) is 18.9 Å². The van der Waals surface area contributed by atoms with Crippen molar-refractivity contribution in [3.8, 4) is 0 Å². The lowest BCUT2D eigenvalue weighted by Gasteiger charge is -2.32. The number of rotatable bonds is 4. The van der Waals surface area contributed by atoms with E-state index in [0.717, 1.165) is 41.5 Å². The second-order valence-corrected chi connectivity index (χ2v) is 7.66. The maximum Gasteiger partial charge on any atom is 0.266 e. The molecule has 128 valence electrons. The summed E-state index contributed by atoms with van der Waals surface area (Å²) >= 11 is 1.58. The van der Waals surface area contributed by atoms with Crippen molar-refractivity contribution in [2.45, 2.75) is 39.7 Å². The number of hydrogen-bond acceptors (Lipinski definition) is 5. The number of likely N-dealkylation sites (tertiary alicyclic amines) is 1. The first-order valence-corrected chi connectivity index (χ1v) is 9.07. The predicted molar refractivity (Wildman–Crippen MR) is 93.1 cm³/mol. The van der Waals surface area contributed by atoms with Crippen molar-refractivity contribution in [1.29, 1.82) is 0 Å². The summed E-state index contributed by atoms with van der Waals surface area (Å²) < 4.78 is 1.55. The van der Waals surface area contributed by atoms with Crippen LogP contribution in [0.1, 0.15) is 28.4 Å². The van der Waals surface area contributed by atoms with Gasteiger partial charge in [0, 0.05) is 36.8 Å². The number of carbonyl (C=O) groups is 1. The van der Waals surface area contributed by atoms with E-state index in [4.69, 9.17) is 0 Å². The third-order valence-corrected chi connectivity index (χ3v) is 5.31. The van der Waals surface area contributed by atoms with Crippen LogP contribution in [0.4, 0.5) is 0 Å². The predicted octanol–water partition coefficient (Wildman–Crippen LogP) is 1.80. The lowest BCUT2D eigenvalue weighted by Crippen LogP contribution is -2.41. The second-order valence-electron chi connectivity index (χ2n) is 6.34. The smallest absolute Gasteiger partial charge is 0.266 e. The number of amides is 1. The van der Waals surface area contributed by atoms with E-state index in [2.05, 4.69) is 10.1 Å². The molecule has 3 heterocycles. The first kappa shape index (κ1) is 16.8. The lowest BCUT2D eigenvalue weighted by atomic mass is 9.96. The summed E-state index contributed by atoms with van der Waals surface area (Å²) in [6.07, 6.45) is 4.06. The summed E-state index contributed by atoms with van der Waals surface area (Å²) in [6.45, 7) is 5.98. The number of aryl methyl sites for hydroxylation is 2. The van der Waals surface area contributed by atoms with E-state index in [-0.39, 0.29) is 11.5 Å². The van der Waals surface area contributed by atoms with Crippen LogP contribution < -0.4 is 5.56 Å². The number of aromatic nitrogens is 3. The minimum Gasteiger partial charge on any atom is -0.342 e. The zero-order valence-corrected chi connectivity index (χ0v) is 14.9. The van der Waals surface area contributed by atoms with Crippen molar-refractivity contribution in [3.63, 3.8) is 0 Å². The molecule has 2 aromatic heterocycles. The fraction of sp³-hybridized carbons (Fsp3) is 0.529. The molecule has 7 heteroatoms. The topological polar surface area (TPSA) is 68.1 Å². The van der Waals surface area contributed by atoms with Crippen LogP contribution in [0.25, 0.3) is 0 Å². The molecule has 1 saturated heterocycles. The molecule has 0 atom stereocenters. The highest BCUT2D eigenvalue weighted by molar-refractivity contribution is 7.11. The average Bonchev–Trinajstić information content (AvgIpc) is 2.96. The van der Waals surface area contributed by atoms with Crippen molar-refractivity contribution >= 4 is 17.2 Å². The molecule has 6 nitrogen and oxygen atoms in total. The van der Waals surface area contributed by atoms with E-state index in [1.54, 1.807) is 34.3 Å². The van der Waals surface area contributed by atoms with Crippen molar-refractivity contribution < 1.29 is 4.79 Å². The van der Waals surface area contributed by atoms with E-state index in [9.17, 15) is 9.59 Å². The molecular formula is C17H22N4O2S. The number of thiazole rings is 1. The number of carbonyl (C=O) groups excluding carboxylic acids is 1. The normalized spacial score (nSPS) is 15.7. The van der Waals surface area contributed by atoms with Crippen molar-refractivity contribution in [2.24, 2.45) is 5.92 Å². The maximum absolute atomic E-state index is 12.4. The van der Waals surface area contributed by atoms with Gasteiger partial charge in [0.1, 0.15) is 0 Å². The minimum atomic E-state index is -0.0559. The Morgan fingerprint density at radius 2 is 2.04 bits per heavy atom. The van der Waals surface area contributed by atoms with Gasteiger partial charge in [-0.05, 0) is 38.7 Å². The monoisotopic (exact) mass is 346 g/mol. The van der Waals surface area contributed by atoms with Gasteiger partial charge in [-0.15, -0.1) is 11.3 Å². The van der Waals surface area contributed by atoms with Crippen LogP contribution in [0.5, 0.6) is 0 Å². The molecule has 0 spiro atoms. The standard InChI is InChI=1S/C17H22N4O2S/c1-12-3-4-16(22)21(19-12)11-14-5-7-20(8-6-14)17(23)9-15-10-18-13(2)24-15/h3-4,10,14H,5-9,11H2,1-2H3. The van der Waals surface area contributed by atoms with Gasteiger partial charge < -0.3 is 4.90 Å². The van der Waals surface area contributed by atoms with Crippen LogP contribution in [-0.4, -0.2) is 38.7 Å². The van der Waals surface area contributed by atoms with E-state index in [1.165, 1.54) is 0 Å². The summed E-state index contributed by atoms with van der Waals surface area (Å²) in [5.41, 5.74) is 0.793. The molecule has 2 aromatic rings. The molecule has 1 aliphatic heterocycles. The fourth-order valence-corrected chi connectivity index (χ4v) is 3.83. The maximum atomic E-state index is 12.4. The van der Waals surface area contributed by atoms with Gasteiger partial charge in [0.05, 0.1) is 17.1 Å². The minimum absolute atomic E-state index is 0.0559. The molecule has 3 rings (SSSR count). The Hall–Kier alpha value is -2.02. The average molecular weight is 346 g/mol. The quantitative estimate of drug-likeness (QED) is 0.846. The van der Waals surface area contributed by atoms with Gasteiger partial charge in [-0.3, -0.25) is 9.59 Å². The molecule has 0 saturated carbocycles. The lowest BCUT2D eigenvalue weighted by molar-refractivity contribution is -0.131. The van der Waals surface area contributed by atoms with Crippen LogP contribution in [-0.2, 0) is 17.8 Å². The van der Waals surface area contributed by atoms with Gasteiger partial charge in [-0.1, -0.05) is 0 Å². The van der Waals surface area contributed by atoms with Gasteiger partial charge in [0.25, 0.3) is 5.56 Å². The highest BCUT2D eigenvalue weighted by Gasteiger charge is 2.24. The van der Waals surface area contributed by atoms with Crippen molar-refractivity contribution in [3.05, 3.63) is 44.3 Å². The third-order valence-electron chi connectivity index (χ3n) is 4.39. The Bertz CT molecular complexity index is 775. The second kappa shape index (κ2) is 7.25. The molecular weight excluding hydrogens is 324 g/mol. The highest BCUT2D eigenvalue weighted by atomic mass is 32.1. The summed E-state index contributed by atoms with van der Waals surface area (Å²) in [5, 5.41) is 5.29. The number of piperidine rings is 1. The fourth-order valence-electron chi connectivity index (χ4n) is 3.04. The van der Waals surface area contributed by atoms with E-state index < -0.39 is 0 Å². The van der Waals surface area contributed by atoms with E-state index >= 15 is 0 Å². The van der Waals surface area contributed by atoms with Gasteiger partial charge in [0.15, 0.2) is 0 Å². The molecule has 1 aliphatic rings. The van der Waals surface area contributed by atoms with Crippen LogP contribution in [0.15, 0.2) is 23.1 Å². The number of nitrogens with zero attached hydrogens (tertiary/aromatic N) is 4. The first-order valence-electron chi connectivity index (χ1n) is 8.25. The summed E-state index contributed by atoms with van der Waals surface area (Å²) in [7, 11) is 0. The molecule has 1 fully saturated rings. The summed E-state index contributed by atoms with van der Waals surface area (Å²) in [5.74, 6) is 0.564. The van der Waals surface area contributed by atoms with Gasteiger partial charge in [0.2, 0.25) is 5.91 Å². The Labute approximate surface area is 145 Å². The Morgan fingerprint density at radius 1 is 1.29 bits per heavy atom. The molecule has 0 aromatic carbocycles. The third kappa shape index (κ3) is 4.08. The molecule has 0 unspecified atom stereocenters.